The Kier molecular flexibility index (Phi) is 25.0. The molecule has 2 aliphatic rings. The van der Waals surface area contributed by atoms with Crippen LogP contribution in [0.2, 0.25) is 0 Å². The zero-order valence-corrected chi connectivity index (χ0v) is 31.8. The number of rotatable bonds is 29. The zero-order valence-electron chi connectivity index (χ0n) is 31.0. The molecule has 1 saturated carbocycles. The Morgan fingerprint density at radius 1 is 0.511 bits per heavy atom. The van der Waals surface area contributed by atoms with Gasteiger partial charge in [0.25, 0.3) is 0 Å². The second-order valence-electron chi connectivity index (χ2n) is 15.5. The van der Waals surface area contributed by atoms with Crippen molar-refractivity contribution in [1.29, 1.82) is 0 Å². The normalized spacial score (nSPS) is 22.4. The van der Waals surface area contributed by atoms with Gasteiger partial charge in [-0.3, -0.25) is 0 Å². The molecular weight excluding hydrogens is 563 g/mol. The summed E-state index contributed by atoms with van der Waals surface area (Å²) in [5.41, 5.74) is 2.61. The molecule has 4 unspecified atom stereocenters. The number of piperidine rings is 1. The highest BCUT2D eigenvalue weighted by Crippen LogP contribution is 2.47. The summed E-state index contributed by atoms with van der Waals surface area (Å²) in [6, 6.07) is 0. The first kappa shape index (κ1) is 40.8. The number of hydrogen-bond donors (Lipinski definition) is 1. The number of thiol groups is 1. The van der Waals surface area contributed by atoms with E-state index in [-0.39, 0.29) is 0 Å². The molecule has 1 aliphatic heterocycles. The van der Waals surface area contributed by atoms with Gasteiger partial charge < -0.3 is 4.90 Å². The molecule has 1 aliphatic carbocycles. The van der Waals surface area contributed by atoms with E-state index in [2.05, 4.69) is 44.5 Å². The van der Waals surface area contributed by atoms with E-state index in [4.69, 9.17) is 0 Å². The molecule has 1 heterocycles. The van der Waals surface area contributed by atoms with Crippen molar-refractivity contribution < 1.29 is 0 Å². The largest absolute Gasteiger partial charge is 0.350 e. The van der Waals surface area contributed by atoms with Crippen LogP contribution in [0.1, 0.15) is 213 Å². The number of nitrogens with zero attached hydrogens (tertiary/aromatic N) is 1. The standard InChI is InChI=1S/C43H81NS/c1-5-7-9-11-13-18-24-33-42-40(30-21-16-14-15-19-25-36-44-38(3)28-27-29-39(44)4)34-35-41(31-22-20-26-37-45)43(42)32-23-17-12-10-8-6-2/h40-43,45H,3-37H2,1-2H3. The molecule has 0 bridgehead atoms. The minimum absolute atomic E-state index is 1.01. The van der Waals surface area contributed by atoms with Crippen molar-refractivity contribution in [1.82, 2.24) is 4.90 Å². The zero-order chi connectivity index (χ0) is 32.4. The van der Waals surface area contributed by atoms with Gasteiger partial charge in [-0.1, -0.05) is 168 Å². The van der Waals surface area contributed by atoms with Crippen LogP contribution in [0.3, 0.4) is 0 Å². The Labute approximate surface area is 290 Å². The maximum Gasteiger partial charge on any atom is 0.0224 e. The smallest absolute Gasteiger partial charge is 0.0224 e. The van der Waals surface area contributed by atoms with Crippen molar-refractivity contribution in [3.63, 3.8) is 0 Å². The monoisotopic (exact) mass is 644 g/mol. The maximum absolute atomic E-state index is 4.50. The minimum atomic E-state index is 1.01. The lowest BCUT2D eigenvalue weighted by Gasteiger charge is -2.44. The van der Waals surface area contributed by atoms with Crippen LogP contribution in [0, 0.1) is 23.7 Å². The molecule has 4 atom stereocenters. The van der Waals surface area contributed by atoms with Crippen molar-refractivity contribution in [2.24, 2.45) is 23.7 Å². The lowest BCUT2D eigenvalue weighted by molar-refractivity contribution is 0.0582. The Bertz CT molecular complexity index is 699. The molecule has 0 aromatic carbocycles. The molecule has 0 radical (unpaired) electrons. The summed E-state index contributed by atoms with van der Waals surface area (Å²) in [5, 5.41) is 0. The van der Waals surface area contributed by atoms with Gasteiger partial charge in [-0.15, -0.1) is 0 Å². The number of allylic oxidation sites excluding steroid dienone is 2. The molecule has 264 valence electrons. The number of unbranched alkanes of at least 4 members (excludes halogenated alkanes) is 18. The molecule has 1 saturated heterocycles. The van der Waals surface area contributed by atoms with Crippen molar-refractivity contribution in [3.05, 3.63) is 24.6 Å². The lowest BCUT2D eigenvalue weighted by Crippen LogP contribution is -2.35. The van der Waals surface area contributed by atoms with Crippen LogP contribution in [-0.4, -0.2) is 17.2 Å². The fraction of sp³-hybridized carbons (Fsp3) is 0.907. The van der Waals surface area contributed by atoms with Crippen LogP contribution in [0.15, 0.2) is 24.6 Å². The highest BCUT2D eigenvalue weighted by atomic mass is 32.1. The van der Waals surface area contributed by atoms with E-state index in [0.29, 0.717) is 0 Å². The van der Waals surface area contributed by atoms with Crippen molar-refractivity contribution in [2.45, 2.75) is 213 Å². The topological polar surface area (TPSA) is 3.24 Å². The summed E-state index contributed by atoms with van der Waals surface area (Å²) in [6.07, 6.45) is 44.3. The van der Waals surface area contributed by atoms with Gasteiger partial charge in [0.15, 0.2) is 0 Å². The molecule has 1 nitrogen and oxygen atoms in total. The molecule has 0 amide bonds. The van der Waals surface area contributed by atoms with Gasteiger partial charge in [0.05, 0.1) is 0 Å². The Hall–Kier alpha value is -0.370. The van der Waals surface area contributed by atoms with Crippen LogP contribution in [0.5, 0.6) is 0 Å². The average Bonchev–Trinajstić information content (AvgIpc) is 3.04. The minimum Gasteiger partial charge on any atom is -0.350 e. The van der Waals surface area contributed by atoms with E-state index in [1.165, 1.54) is 191 Å². The fourth-order valence-electron chi connectivity index (χ4n) is 9.05. The van der Waals surface area contributed by atoms with E-state index in [1.54, 1.807) is 6.42 Å². The number of hydrogen-bond acceptors (Lipinski definition) is 2. The first-order valence-electron chi connectivity index (χ1n) is 20.9. The van der Waals surface area contributed by atoms with Crippen LogP contribution in [0.25, 0.3) is 0 Å². The van der Waals surface area contributed by atoms with E-state index in [1.807, 2.05) is 0 Å². The lowest BCUT2D eigenvalue weighted by atomic mass is 9.61. The Balaban J connectivity index is 1.85. The van der Waals surface area contributed by atoms with Gasteiger partial charge in [0.2, 0.25) is 0 Å². The molecule has 0 spiro atoms. The van der Waals surface area contributed by atoms with E-state index < -0.39 is 0 Å². The van der Waals surface area contributed by atoms with E-state index in [0.717, 1.165) is 48.8 Å². The third-order valence-corrected chi connectivity index (χ3v) is 12.2. The SMILES string of the molecule is C=C1CCCC(=C)N1CCCCCCCCC1CCC(CCCCCS)C(CCCCCCCC)C1CCCCCCCCC. The van der Waals surface area contributed by atoms with Gasteiger partial charge in [0, 0.05) is 17.9 Å². The van der Waals surface area contributed by atoms with Crippen LogP contribution in [-0.2, 0) is 0 Å². The highest BCUT2D eigenvalue weighted by Gasteiger charge is 2.37. The number of likely N-dealkylation sites (tertiary alicyclic amines) is 1. The molecule has 2 fully saturated rings. The predicted octanol–water partition coefficient (Wildman–Crippen LogP) is 14.9. The highest BCUT2D eigenvalue weighted by molar-refractivity contribution is 7.80. The molecule has 0 N–H and O–H groups in total. The molecule has 2 rings (SSSR count). The second kappa shape index (κ2) is 27.6. The fourth-order valence-corrected chi connectivity index (χ4v) is 9.28. The summed E-state index contributed by atoms with van der Waals surface area (Å²) in [6.45, 7) is 14.4. The summed E-state index contributed by atoms with van der Waals surface area (Å²) in [5.74, 6) is 5.13. The second-order valence-corrected chi connectivity index (χ2v) is 16.0. The molecular formula is C43H81NS. The third kappa shape index (κ3) is 18.1. The average molecular weight is 644 g/mol. The predicted molar refractivity (Wildman–Crippen MR) is 207 cm³/mol. The maximum atomic E-state index is 4.50. The van der Waals surface area contributed by atoms with Gasteiger partial charge in [-0.25, -0.2) is 0 Å². The summed E-state index contributed by atoms with van der Waals surface area (Å²) >= 11 is 4.50. The molecule has 0 aromatic rings. The molecule has 2 heteroatoms. The van der Waals surface area contributed by atoms with E-state index in [9.17, 15) is 0 Å². The van der Waals surface area contributed by atoms with Gasteiger partial charge in [-0.05, 0) is 87.2 Å². The first-order valence-corrected chi connectivity index (χ1v) is 21.5. The Morgan fingerprint density at radius 2 is 0.889 bits per heavy atom. The third-order valence-electron chi connectivity index (χ3n) is 11.8. The summed E-state index contributed by atoms with van der Waals surface area (Å²) < 4.78 is 0. The van der Waals surface area contributed by atoms with Crippen LogP contribution >= 0.6 is 12.6 Å². The summed E-state index contributed by atoms with van der Waals surface area (Å²) in [7, 11) is 0. The quantitative estimate of drug-likeness (QED) is 0.0627. The van der Waals surface area contributed by atoms with Crippen molar-refractivity contribution >= 4 is 12.6 Å². The first-order chi connectivity index (χ1) is 22.1. The van der Waals surface area contributed by atoms with Crippen molar-refractivity contribution in [3.8, 4) is 0 Å². The van der Waals surface area contributed by atoms with Gasteiger partial charge >= 0.3 is 0 Å². The molecule has 45 heavy (non-hydrogen) atoms. The van der Waals surface area contributed by atoms with Crippen LogP contribution < -0.4 is 0 Å². The molecule has 0 aromatic heterocycles. The van der Waals surface area contributed by atoms with E-state index >= 15 is 0 Å². The summed E-state index contributed by atoms with van der Waals surface area (Å²) in [4.78, 5) is 2.42. The van der Waals surface area contributed by atoms with Crippen molar-refractivity contribution in [2.75, 3.05) is 12.3 Å². The van der Waals surface area contributed by atoms with Gasteiger partial charge in [-0.2, -0.15) is 12.6 Å². The Morgan fingerprint density at radius 3 is 1.33 bits per heavy atom. The van der Waals surface area contributed by atoms with Crippen LogP contribution in [0.4, 0.5) is 0 Å². The van der Waals surface area contributed by atoms with Gasteiger partial charge in [0.1, 0.15) is 0 Å².